The van der Waals surface area contributed by atoms with Gasteiger partial charge in [-0.25, -0.2) is 34.7 Å². The third kappa shape index (κ3) is 11.8. The van der Waals surface area contributed by atoms with E-state index in [4.69, 9.17) is 33.2 Å². The van der Waals surface area contributed by atoms with Crippen LogP contribution in [0.25, 0.3) is 33.2 Å². The Labute approximate surface area is 396 Å². The Morgan fingerprint density at radius 2 is 1.06 bits per heavy atom. The van der Waals surface area contributed by atoms with Crippen molar-refractivity contribution in [2.75, 3.05) is 0 Å². The molecule has 8 aromatic rings. The Hall–Kier alpha value is -5.37. The summed E-state index contributed by atoms with van der Waals surface area (Å²) < 4.78 is 136. The van der Waals surface area contributed by atoms with E-state index in [-0.39, 0.29) is 25.9 Å². The second-order valence-corrected chi connectivity index (χ2v) is 19.4. The highest BCUT2D eigenvalue weighted by Gasteiger charge is 2.32. The summed E-state index contributed by atoms with van der Waals surface area (Å²) in [5.41, 5.74) is 2.82. The average molecular weight is 1110 g/mol. The summed E-state index contributed by atoms with van der Waals surface area (Å²) in [4.78, 5) is 8.60. The van der Waals surface area contributed by atoms with E-state index in [0.29, 0.717) is 32.6 Å². The lowest BCUT2D eigenvalue weighted by Gasteiger charge is -2.10. The van der Waals surface area contributed by atoms with Crippen molar-refractivity contribution < 1.29 is 62.7 Å². The number of ether oxygens (including phenoxy) is 2. The van der Waals surface area contributed by atoms with Crippen molar-refractivity contribution in [1.29, 1.82) is 0 Å². The van der Waals surface area contributed by atoms with Crippen molar-refractivity contribution in [2.24, 2.45) is 0 Å². The van der Waals surface area contributed by atoms with Gasteiger partial charge in [-0.1, -0.05) is 82.9 Å². The minimum Gasteiger partial charge on any atom is -0.423 e. The first-order valence-corrected chi connectivity index (χ1v) is 23.3. The molecule has 8 rings (SSSR count). The highest BCUT2D eigenvalue weighted by molar-refractivity contribution is 14.1. The minimum atomic E-state index is -4.86. The molecule has 0 radical (unpaired) electrons. The average Bonchev–Trinajstić information content (AvgIpc) is 3.81. The monoisotopic (exact) mass is 1100 g/mol. The summed E-state index contributed by atoms with van der Waals surface area (Å²) in [6.07, 6.45) is -3.94. The third-order valence-corrected chi connectivity index (χ3v) is 13.9. The quantitative estimate of drug-likeness (QED) is 0.0851. The molecule has 0 aliphatic carbocycles. The first-order chi connectivity index (χ1) is 30.9. The van der Waals surface area contributed by atoms with Crippen molar-refractivity contribution in [3.63, 3.8) is 0 Å². The molecule has 66 heavy (non-hydrogen) atoms. The lowest BCUT2D eigenvalue weighted by atomic mass is 9.80. The summed E-state index contributed by atoms with van der Waals surface area (Å²) in [6.45, 7) is 3.74. The summed E-state index contributed by atoms with van der Waals surface area (Å²) in [5.74, 6) is -0.921. The van der Waals surface area contributed by atoms with Crippen molar-refractivity contribution in [3.05, 3.63) is 159 Å². The molecule has 0 fully saturated rings. The maximum Gasteiger partial charge on any atom is 0.573 e. The van der Waals surface area contributed by atoms with Crippen molar-refractivity contribution in [2.45, 2.75) is 36.4 Å². The first-order valence-electron chi connectivity index (χ1n) is 18.5. The zero-order valence-electron chi connectivity index (χ0n) is 33.6. The predicted molar refractivity (Wildman–Crippen MR) is 245 cm³/mol. The van der Waals surface area contributed by atoms with Crippen LogP contribution >= 0.6 is 45.8 Å². The van der Waals surface area contributed by atoms with Gasteiger partial charge in [0.1, 0.15) is 11.5 Å². The third-order valence-electron chi connectivity index (χ3n) is 9.09. The Morgan fingerprint density at radius 3 is 1.55 bits per heavy atom. The molecule has 344 valence electrons. The van der Waals surface area contributed by atoms with E-state index >= 15 is 0 Å². The molecule has 0 amide bonds. The van der Waals surface area contributed by atoms with E-state index in [2.05, 4.69) is 42.0 Å². The molecule has 0 atom stereocenters. The van der Waals surface area contributed by atoms with Crippen LogP contribution in [0.4, 0.5) is 26.3 Å². The molecule has 0 aliphatic rings. The standard InChI is InChI=1S/C21H14ClF3N2O3S.C14H10ClIN2O2S.C7H6BF3O3/c1-13-5-7-16(8-6-13)31(28,29)27-12-17(19-18(22)9-10-26-20(19)27)14-3-2-4-15(11-14)30-21(23,24)25;1-9-2-4-10(5-3-9)21(19,20)18-8-12(16)13-11(15)6-7-17-14(13)18;9-7(10,11)14-6-3-1-2-5(4-6)8(12)13/h2-12H,1H3;2-8H,1H3;1-4,12-13H. The van der Waals surface area contributed by atoms with Crippen LogP contribution in [0.15, 0.2) is 144 Å². The minimum absolute atomic E-state index is 0.0393. The van der Waals surface area contributed by atoms with E-state index in [0.717, 1.165) is 42.9 Å². The smallest absolute Gasteiger partial charge is 0.423 e. The van der Waals surface area contributed by atoms with Gasteiger partial charge in [-0.05, 0) is 108 Å². The van der Waals surface area contributed by atoms with Gasteiger partial charge in [-0.2, -0.15) is 0 Å². The molecule has 4 aromatic carbocycles. The van der Waals surface area contributed by atoms with Gasteiger partial charge in [-0.3, -0.25) is 0 Å². The summed E-state index contributed by atoms with van der Waals surface area (Å²) in [6, 6.07) is 25.8. The van der Waals surface area contributed by atoms with Gasteiger partial charge in [0, 0.05) is 39.3 Å². The molecular formula is C42H30BCl2F6IN4O8S2. The lowest BCUT2D eigenvalue weighted by Crippen LogP contribution is -2.30. The Balaban J connectivity index is 0.000000178. The van der Waals surface area contributed by atoms with Crippen LogP contribution < -0.4 is 14.9 Å². The number of nitrogens with zero attached hydrogens (tertiary/aromatic N) is 4. The number of aryl methyl sites for hydroxylation is 2. The predicted octanol–water partition coefficient (Wildman–Crippen LogP) is 9.91. The number of pyridine rings is 2. The highest BCUT2D eigenvalue weighted by Crippen LogP contribution is 2.38. The maximum atomic E-state index is 13.3. The molecule has 0 saturated heterocycles. The van der Waals surface area contributed by atoms with Crippen molar-refractivity contribution >= 4 is 100 Å². The van der Waals surface area contributed by atoms with Gasteiger partial charge in [0.05, 0.1) is 25.2 Å². The topological polar surface area (TPSA) is 163 Å². The van der Waals surface area contributed by atoms with Crippen LogP contribution in [0.5, 0.6) is 11.5 Å². The van der Waals surface area contributed by atoms with E-state index in [1.165, 1.54) is 65.0 Å². The molecule has 24 heteroatoms. The number of hydrogen-bond acceptors (Lipinski definition) is 10. The number of hydrogen-bond donors (Lipinski definition) is 2. The number of halogens is 9. The van der Waals surface area contributed by atoms with Crippen LogP contribution in [0.2, 0.25) is 10.0 Å². The fraction of sp³-hybridized carbons (Fsp3) is 0.0952. The second-order valence-electron chi connectivity index (χ2n) is 13.8. The van der Waals surface area contributed by atoms with Crippen molar-refractivity contribution in [1.82, 2.24) is 17.9 Å². The summed E-state index contributed by atoms with van der Waals surface area (Å²) in [7, 11) is -9.54. The second kappa shape index (κ2) is 19.8. The molecule has 4 heterocycles. The van der Waals surface area contributed by atoms with E-state index < -0.39 is 51.4 Å². The Bertz CT molecular complexity index is 3270. The molecule has 0 unspecified atom stereocenters. The largest absolute Gasteiger partial charge is 0.573 e. The first kappa shape index (κ1) is 50.1. The van der Waals surface area contributed by atoms with Crippen LogP contribution in [-0.4, -0.2) is 64.6 Å². The fourth-order valence-corrected chi connectivity index (χ4v) is 10.4. The van der Waals surface area contributed by atoms with E-state index in [1.807, 2.05) is 13.8 Å². The highest BCUT2D eigenvalue weighted by atomic mass is 127. The molecule has 12 nitrogen and oxygen atoms in total. The van der Waals surface area contributed by atoms with Gasteiger partial charge >= 0.3 is 19.8 Å². The SMILES string of the molecule is Cc1ccc(S(=O)(=O)n2cc(-c3cccc(OC(F)(F)F)c3)c3c(Cl)ccnc32)cc1.Cc1ccc(S(=O)(=O)n2cc(I)c3c(Cl)ccnc32)cc1.OB(O)c1cccc(OC(F)(F)F)c1. The zero-order valence-corrected chi connectivity index (χ0v) is 38.9. The molecule has 0 saturated carbocycles. The molecule has 2 N–H and O–H groups in total. The summed E-state index contributed by atoms with van der Waals surface area (Å²) in [5, 5.41) is 19.0. The molecule has 0 spiro atoms. The van der Waals surface area contributed by atoms with Crippen LogP contribution in [0.3, 0.4) is 0 Å². The molecule has 0 aliphatic heterocycles. The van der Waals surface area contributed by atoms with Gasteiger partial charge in [-0.15, -0.1) is 26.3 Å². The van der Waals surface area contributed by atoms with Gasteiger partial charge in [0.2, 0.25) is 0 Å². The number of aromatic nitrogens is 4. The lowest BCUT2D eigenvalue weighted by molar-refractivity contribution is -0.275. The number of alkyl halides is 6. The van der Waals surface area contributed by atoms with Crippen LogP contribution in [-0.2, 0) is 20.0 Å². The number of rotatable bonds is 8. The van der Waals surface area contributed by atoms with E-state index in [1.54, 1.807) is 48.7 Å². The van der Waals surface area contributed by atoms with Crippen LogP contribution in [0.1, 0.15) is 11.1 Å². The molecule has 0 bridgehead atoms. The van der Waals surface area contributed by atoms with Crippen LogP contribution in [0, 0.1) is 17.4 Å². The Morgan fingerprint density at radius 1 is 0.621 bits per heavy atom. The normalized spacial score (nSPS) is 12.0. The van der Waals surface area contributed by atoms with Gasteiger partial charge in [0.15, 0.2) is 11.3 Å². The number of benzene rings is 4. The van der Waals surface area contributed by atoms with Gasteiger partial charge < -0.3 is 19.5 Å². The maximum absolute atomic E-state index is 13.3. The van der Waals surface area contributed by atoms with Crippen molar-refractivity contribution in [3.8, 4) is 22.6 Å². The number of fused-ring (bicyclic) bond motifs is 2. The molecule has 4 aromatic heterocycles. The van der Waals surface area contributed by atoms with Gasteiger partial charge in [0.25, 0.3) is 20.0 Å². The van der Waals surface area contributed by atoms with E-state index in [9.17, 15) is 43.2 Å². The molecular weight excluding hydrogens is 1080 g/mol. The fourth-order valence-electron chi connectivity index (χ4n) is 6.10. The zero-order chi connectivity index (χ0) is 48.4. The summed E-state index contributed by atoms with van der Waals surface area (Å²) >= 11 is 14.5. The Kier molecular flexibility index (Phi) is 15.1.